The van der Waals surface area contributed by atoms with Crippen molar-refractivity contribution in [2.24, 2.45) is 5.92 Å². The van der Waals surface area contributed by atoms with Crippen LogP contribution in [0.2, 0.25) is 0 Å². The number of piperidine rings is 1. The summed E-state index contributed by atoms with van der Waals surface area (Å²) in [6.07, 6.45) is 4.35. The minimum atomic E-state index is -0.167. The number of halogens is 1. The molecule has 0 atom stereocenters. The first-order valence-electron chi connectivity index (χ1n) is 9.76. The van der Waals surface area contributed by atoms with Crippen LogP contribution in [0, 0.1) is 11.7 Å². The highest BCUT2D eigenvalue weighted by Crippen LogP contribution is 2.21. The second-order valence-electron chi connectivity index (χ2n) is 7.22. The molecule has 0 radical (unpaired) electrons. The molecule has 1 aliphatic rings. The van der Waals surface area contributed by atoms with Crippen molar-refractivity contribution in [1.29, 1.82) is 0 Å². The van der Waals surface area contributed by atoms with Crippen molar-refractivity contribution in [2.75, 3.05) is 31.5 Å². The number of nitrogens with zero attached hydrogens (tertiary/aromatic N) is 1. The van der Waals surface area contributed by atoms with Gasteiger partial charge in [0, 0.05) is 12.2 Å². The summed E-state index contributed by atoms with van der Waals surface area (Å²) in [7, 11) is 0. The molecule has 0 aliphatic carbocycles. The first-order valence-corrected chi connectivity index (χ1v) is 9.76. The molecule has 3 rings (SSSR count). The zero-order valence-electron chi connectivity index (χ0n) is 15.7. The number of amides is 2. The standard InChI is InChI=1S/C22H28FN3O/c23-20-9-7-18(8-10-20)17-19-11-15-26(16-12-19)14-4-13-24-22(27)25-21-5-2-1-3-6-21/h1-3,5-10,19H,4,11-17H2,(H2,24,25,27). The number of carbonyl (C=O) groups excluding carboxylic acids is 1. The van der Waals surface area contributed by atoms with Gasteiger partial charge in [-0.05, 0) is 81.1 Å². The highest BCUT2D eigenvalue weighted by Gasteiger charge is 2.19. The van der Waals surface area contributed by atoms with Gasteiger partial charge in [0.25, 0.3) is 0 Å². The average molecular weight is 369 g/mol. The summed E-state index contributed by atoms with van der Waals surface area (Å²) in [5.74, 6) is 0.515. The van der Waals surface area contributed by atoms with Crippen molar-refractivity contribution in [3.63, 3.8) is 0 Å². The predicted molar refractivity (Wildman–Crippen MR) is 107 cm³/mol. The molecule has 0 spiro atoms. The lowest BCUT2D eigenvalue weighted by Crippen LogP contribution is -2.37. The van der Waals surface area contributed by atoms with Crippen LogP contribution in [-0.2, 0) is 6.42 Å². The summed E-state index contributed by atoms with van der Waals surface area (Å²) in [5.41, 5.74) is 2.03. The summed E-state index contributed by atoms with van der Waals surface area (Å²) >= 11 is 0. The van der Waals surface area contributed by atoms with Gasteiger partial charge in [-0.1, -0.05) is 30.3 Å². The fraction of sp³-hybridized carbons (Fsp3) is 0.409. The van der Waals surface area contributed by atoms with Crippen molar-refractivity contribution >= 4 is 11.7 Å². The Bertz CT molecular complexity index is 697. The van der Waals surface area contributed by atoms with Gasteiger partial charge in [0.1, 0.15) is 5.82 Å². The fourth-order valence-corrected chi connectivity index (χ4v) is 3.57. The topological polar surface area (TPSA) is 44.4 Å². The summed E-state index contributed by atoms with van der Waals surface area (Å²) < 4.78 is 13.0. The molecular formula is C22H28FN3O. The first-order chi connectivity index (χ1) is 13.2. The molecule has 144 valence electrons. The van der Waals surface area contributed by atoms with Gasteiger partial charge in [-0.3, -0.25) is 0 Å². The zero-order chi connectivity index (χ0) is 18.9. The van der Waals surface area contributed by atoms with Crippen LogP contribution >= 0.6 is 0 Å². The maximum atomic E-state index is 13.0. The van der Waals surface area contributed by atoms with E-state index in [9.17, 15) is 9.18 Å². The lowest BCUT2D eigenvalue weighted by atomic mass is 9.90. The molecule has 2 N–H and O–H groups in total. The van der Waals surface area contributed by atoms with E-state index in [1.54, 1.807) is 12.1 Å². The largest absolute Gasteiger partial charge is 0.338 e. The van der Waals surface area contributed by atoms with E-state index in [2.05, 4.69) is 15.5 Å². The Hall–Kier alpha value is -2.40. The van der Waals surface area contributed by atoms with Crippen molar-refractivity contribution in [3.8, 4) is 0 Å². The molecule has 2 aromatic carbocycles. The van der Waals surface area contributed by atoms with Crippen LogP contribution in [0.5, 0.6) is 0 Å². The van der Waals surface area contributed by atoms with Gasteiger partial charge in [-0.25, -0.2) is 9.18 Å². The SMILES string of the molecule is O=C(NCCCN1CCC(Cc2ccc(F)cc2)CC1)Nc1ccccc1. The Balaban J connectivity index is 1.27. The number of urea groups is 1. The maximum absolute atomic E-state index is 13.0. The molecule has 5 heteroatoms. The fourth-order valence-electron chi connectivity index (χ4n) is 3.57. The molecule has 2 amide bonds. The Morgan fingerprint density at radius 3 is 2.44 bits per heavy atom. The molecule has 1 fully saturated rings. The van der Waals surface area contributed by atoms with Gasteiger partial charge in [0.05, 0.1) is 0 Å². The highest BCUT2D eigenvalue weighted by atomic mass is 19.1. The molecule has 4 nitrogen and oxygen atoms in total. The monoisotopic (exact) mass is 369 g/mol. The Kier molecular flexibility index (Phi) is 7.22. The molecule has 0 unspecified atom stereocenters. The number of rotatable bonds is 7. The molecule has 0 bridgehead atoms. The quantitative estimate of drug-likeness (QED) is 0.715. The summed E-state index contributed by atoms with van der Waals surface area (Å²) in [6.45, 7) is 3.88. The van der Waals surface area contributed by atoms with Gasteiger partial charge >= 0.3 is 6.03 Å². The lowest BCUT2D eigenvalue weighted by molar-refractivity contribution is 0.182. The van der Waals surface area contributed by atoms with Crippen LogP contribution in [0.4, 0.5) is 14.9 Å². The van der Waals surface area contributed by atoms with Gasteiger partial charge < -0.3 is 15.5 Å². The molecule has 1 saturated heterocycles. The van der Waals surface area contributed by atoms with Gasteiger partial charge in [0.2, 0.25) is 0 Å². The van der Waals surface area contributed by atoms with Gasteiger partial charge in [-0.15, -0.1) is 0 Å². The highest BCUT2D eigenvalue weighted by molar-refractivity contribution is 5.89. The minimum absolute atomic E-state index is 0.154. The number of likely N-dealkylation sites (tertiary alicyclic amines) is 1. The predicted octanol–water partition coefficient (Wildman–Crippen LogP) is 4.29. The van der Waals surface area contributed by atoms with E-state index in [0.29, 0.717) is 12.5 Å². The van der Waals surface area contributed by atoms with Crippen LogP contribution < -0.4 is 10.6 Å². The van der Waals surface area contributed by atoms with Crippen LogP contribution in [0.15, 0.2) is 54.6 Å². The minimum Gasteiger partial charge on any atom is -0.338 e. The van der Waals surface area contributed by atoms with E-state index < -0.39 is 0 Å². The van der Waals surface area contributed by atoms with E-state index in [1.165, 1.54) is 18.4 Å². The van der Waals surface area contributed by atoms with Crippen molar-refractivity contribution in [2.45, 2.75) is 25.7 Å². The van der Waals surface area contributed by atoms with Crippen molar-refractivity contribution in [3.05, 3.63) is 66.0 Å². The van der Waals surface area contributed by atoms with Crippen LogP contribution in [0.3, 0.4) is 0 Å². The van der Waals surface area contributed by atoms with Gasteiger partial charge in [0.15, 0.2) is 0 Å². The maximum Gasteiger partial charge on any atom is 0.319 e. The third-order valence-corrected chi connectivity index (χ3v) is 5.11. The van der Waals surface area contributed by atoms with Crippen molar-refractivity contribution < 1.29 is 9.18 Å². The van der Waals surface area contributed by atoms with E-state index in [1.807, 2.05) is 42.5 Å². The molecule has 27 heavy (non-hydrogen) atoms. The Morgan fingerprint density at radius 2 is 1.74 bits per heavy atom. The number of nitrogens with one attached hydrogen (secondary N) is 2. The number of anilines is 1. The smallest absolute Gasteiger partial charge is 0.319 e. The third kappa shape index (κ3) is 6.68. The summed E-state index contributed by atoms with van der Waals surface area (Å²) in [5, 5.41) is 5.74. The second-order valence-corrected chi connectivity index (χ2v) is 7.22. The molecule has 1 heterocycles. The summed E-state index contributed by atoms with van der Waals surface area (Å²) in [6, 6.07) is 16.2. The van der Waals surface area contributed by atoms with E-state index in [4.69, 9.17) is 0 Å². The van der Waals surface area contributed by atoms with Crippen LogP contribution in [0.25, 0.3) is 0 Å². The van der Waals surface area contributed by atoms with Crippen LogP contribution in [0.1, 0.15) is 24.8 Å². The molecule has 2 aromatic rings. The number of carbonyl (C=O) groups is 1. The molecule has 0 saturated carbocycles. The van der Waals surface area contributed by atoms with Crippen molar-refractivity contribution in [1.82, 2.24) is 10.2 Å². The number of hydrogen-bond donors (Lipinski definition) is 2. The number of para-hydroxylation sites is 1. The third-order valence-electron chi connectivity index (χ3n) is 5.11. The van der Waals surface area contributed by atoms with E-state index >= 15 is 0 Å². The van der Waals surface area contributed by atoms with Crippen LogP contribution in [-0.4, -0.2) is 37.1 Å². The molecule has 1 aliphatic heterocycles. The lowest BCUT2D eigenvalue weighted by Gasteiger charge is -2.32. The average Bonchev–Trinajstić information content (AvgIpc) is 2.69. The summed E-state index contributed by atoms with van der Waals surface area (Å²) in [4.78, 5) is 14.3. The Labute approximate surface area is 160 Å². The first kappa shape index (κ1) is 19.4. The van der Waals surface area contributed by atoms with Gasteiger partial charge in [-0.2, -0.15) is 0 Å². The number of benzene rings is 2. The molecule has 0 aromatic heterocycles. The number of hydrogen-bond acceptors (Lipinski definition) is 2. The second kappa shape index (κ2) is 10.1. The van der Waals surface area contributed by atoms with E-state index in [-0.39, 0.29) is 11.8 Å². The normalized spacial score (nSPS) is 15.4. The van der Waals surface area contributed by atoms with E-state index in [0.717, 1.165) is 38.2 Å². The Morgan fingerprint density at radius 1 is 1.04 bits per heavy atom. The zero-order valence-corrected chi connectivity index (χ0v) is 15.7. The molecular weight excluding hydrogens is 341 g/mol.